The fourth-order valence-electron chi connectivity index (χ4n) is 1.61. The number of nitrogens with two attached hydrogens (primary N) is 1. The minimum atomic E-state index is -0.926. The number of hydrogen-bond acceptors (Lipinski definition) is 5. The van der Waals surface area contributed by atoms with Gasteiger partial charge in [-0.05, 0) is 31.5 Å². The van der Waals surface area contributed by atoms with Gasteiger partial charge in [-0.1, -0.05) is 24.9 Å². The van der Waals surface area contributed by atoms with E-state index in [0.717, 1.165) is 0 Å². The smallest absolute Gasteiger partial charge is 0.347 e. The quantitative estimate of drug-likeness (QED) is 0.645. The Balaban J connectivity index is 2.84. The van der Waals surface area contributed by atoms with Gasteiger partial charge in [0.2, 0.25) is 0 Å². The van der Waals surface area contributed by atoms with E-state index in [-0.39, 0.29) is 17.2 Å². The maximum Gasteiger partial charge on any atom is 0.347 e. The van der Waals surface area contributed by atoms with Crippen LogP contribution in [-0.4, -0.2) is 24.6 Å². The van der Waals surface area contributed by atoms with Crippen LogP contribution in [0.5, 0.6) is 0 Å². The van der Waals surface area contributed by atoms with Crippen molar-refractivity contribution < 1.29 is 19.1 Å². The number of nitrogen functional groups attached to an aromatic ring is 1. The number of rotatable bonds is 6. The molecule has 2 N–H and O–H groups in total. The summed E-state index contributed by atoms with van der Waals surface area (Å²) in [6.45, 7) is 3.81. The van der Waals surface area contributed by atoms with Crippen LogP contribution in [-0.2, 0) is 14.3 Å². The molecule has 20 heavy (non-hydrogen) atoms. The van der Waals surface area contributed by atoms with Crippen LogP contribution in [0.15, 0.2) is 18.2 Å². The summed E-state index contributed by atoms with van der Waals surface area (Å²) in [5.74, 6) is -1.24. The van der Waals surface area contributed by atoms with E-state index in [4.69, 9.17) is 26.8 Å². The number of ether oxygens (including phenoxy) is 2. The molecule has 0 fully saturated rings. The largest absolute Gasteiger partial charge is 0.463 e. The Morgan fingerprint density at radius 1 is 1.35 bits per heavy atom. The van der Waals surface area contributed by atoms with Gasteiger partial charge in [0.05, 0.1) is 17.2 Å². The van der Waals surface area contributed by atoms with Gasteiger partial charge in [0, 0.05) is 5.69 Å². The molecule has 0 aliphatic heterocycles. The Hall–Kier alpha value is -1.75. The number of benzene rings is 1. The van der Waals surface area contributed by atoms with Crippen LogP contribution < -0.4 is 5.73 Å². The maximum absolute atomic E-state index is 12.0. The molecule has 0 bridgehead atoms. The van der Waals surface area contributed by atoms with Crippen LogP contribution in [0.4, 0.5) is 5.69 Å². The van der Waals surface area contributed by atoms with E-state index in [1.54, 1.807) is 13.0 Å². The third kappa shape index (κ3) is 4.42. The van der Waals surface area contributed by atoms with E-state index in [1.165, 1.54) is 12.1 Å². The molecule has 0 aliphatic rings. The van der Waals surface area contributed by atoms with Crippen molar-refractivity contribution in [3.63, 3.8) is 0 Å². The van der Waals surface area contributed by atoms with Crippen molar-refractivity contribution >= 4 is 29.2 Å². The average Bonchev–Trinajstić information content (AvgIpc) is 2.41. The predicted molar refractivity (Wildman–Crippen MR) is 76.6 cm³/mol. The topological polar surface area (TPSA) is 78.6 Å². The van der Waals surface area contributed by atoms with E-state index in [1.807, 2.05) is 6.92 Å². The molecule has 0 amide bonds. The lowest BCUT2D eigenvalue weighted by atomic mass is 10.2. The second kappa shape index (κ2) is 7.75. The summed E-state index contributed by atoms with van der Waals surface area (Å²) >= 11 is 5.92. The van der Waals surface area contributed by atoms with Gasteiger partial charge in [-0.25, -0.2) is 9.59 Å². The average molecular weight is 300 g/mol. The standard InChI is InChI=1S/C14H18ClNO4/c1-3-5-12(14(18)19-4-2)20-13(17)10-8-9(16)6-7-11(10)15/h6-8,12H,3-5,16H2,1-2H3. The first kappa shape index (κ1) is 16.3. The van der Waals surface area contributed by atoms with Gasteiger partial charge in [0.15, 0.2) is 6.10 Å². The lowest BCUT2D eigenvalue weighted by Gasteiger charge is -2.16. The first-order valence-corrected chi connectivity index (χ1v) is 6.80. The Labute approximate surface area is 123 Å². The minimum absolute atomic E-state index is 0.136. The first-order valence-electron chi connectivity index (χ1n) is 6.42. The third-order valence-corrected chi connectivity index (χ3v) is 2.89. The van der Waals surface area contributed by atoms with Crippen molar-refractivity contribution in [2.75, 3.05) is 12.3 Å². The number of esters is 2. The molecule has 1 rings (SSSR count). The van der Waals surface area contributed by atoms with Crippen LogP contribution in [0.25, 0.3) is 0 Å². The summed E-state index contributed by atoms with van der Waals surface area (Å²) in [5.41, 5.74) is 6.13. The highest BCUT2D eigenvalue weighted by atomic mass is 35.5. The molecule has 5 nitrogen and oxygen atoms in total. The number of carbonyl (C=O) groups is 2. The van der Waals surface area contributed by atoms with Crippen molar-refractivity contribution in [1.29, 1.82) is 0 Å². The summed E-state index contributed by atoms with van der Waals surface area (Å²) in [6.07, 6.45) is 0.149. The normalized spacial score (nSPS) is 11.8. The minimum Gasteiger partial charge on any atom is -0.463 e. The van der Waals surface area contributed by atoms with Gasteiger partial charge in [-0.3, -0.25) is 0 Å². The van der Waals surface area contributed by atoms with E-state index < -0.39 is 18.0 Å². The van der Waals surface area contributed by atoms with Crippen molar-refractivity contribution in [3.8, 4) is 0 Å². The lowest BCUT2D eigenvalue weighted by Crippen LogP contribution is -2.29. The molecule has 0 aromatic heterocycles. The SMILES string of the molecule is CCCC(OC(=O)c1cc(N)ccc1Cl)C(=O)OCC. The van der Waals surface area contributed by atoms with E-state index in [9.17, 15) is 9.59 Å². The maximum atomic E-state index is 12.0. The summed E-state index contributed by atoms with van der Waals surface area (Å²) in [5, 5.41) is 0.225. The van der Waals surface area contributed by atoms with Crippen LogP contribution in [0.1, 0.15) is 37.0 Å². The lowest BCUT2D eigenvalue weighted by molar-refractivity contribution is -0.153. The van der Waals surface area contributed by atoms with Crippen molar-refractivity contribution in [2.45, 2.75) is 32.8 Å². The van der Waals surface area contributed by atoms with Gasteiger partial charge in [-0.15, -0.1) is 0 Å². The molecule has 0 saturated carbocycles. The first-order chi connectivity index (χ1) is 9.49. The molecule has 0 heterocycles. The zero-order valence-electron chi connectivity index (χ0n) is 11.5. The second-order valence-corrected chi connectivity index (χ2v) is 4.58. The number of carbonyl (C=O) groups excluding carboxylic acids is 2. The summed E-state index contributed by atoms with van der Waals surface area (Å²) in [4.78, 5) is 23.7. The Kier molecular flexibility index (Phi) is 6.31. The molecular weight excluding hydrogens is 282 g/mol. The van der Waals surface area contributed by atoms with E-state index >= 15 is 0 Å². The highest BCUT2D eigenvalue weighted by Crippen LogP contribution is 2.21. The van der Waals surface area contributed by atoms with Crippen molar-refractivity contribution in [1.82, 2.24) is 0 Å². The summed E-state index contributed by atoms with van der Waals surface area (Å²) in [6, 6.07) is 4.50. The fraction of sp³-hybridized carbons (Fsp3) is 0.429. The predicted octanol–water partition coefficient (Wildman–Crippen LogP) is 2.81. The van der Waals surface area contributed by atoms with Crippen molar-refractivity contribution in [2.24, 2.45) is 0 Å². The molecule has 0 radical (unpaired) electrons. The molecule has 1 aromatic carbocycles. The molecule has 1 aromatic rings. The number of anilines is 1. The van der Waals surface area contributed by atoms with Crippen LogP contribution in [0, 0.1) is 0 Å². The number of hydrogen-bond donors (Lipinski definition) is 1. The molecule has 1 unspecified atom stereocenters. The molecule has 6 heteroatoms. The Morgan fingerprint density at radius 2 is 2.05 bits per heavy atom. The van der Waals surface area contributed by atoms with Gasteiger partial charge in [-0.2, -0.15) is 0 Å². The summed E-state index contributed by atoms with van der Waals surface area (Å²) in [7, 11) is 0. The van der Waals surface area contributed by atoms with Crippen LogP contribution in [0.2, 0.25) is 5.02 Å². The van der Waals surface area contributed by atoms with E-state index in [2.05, 4.69) is 0 Å². The fourth-order valence-corrected chi connectivity index (χ4v) is 1.81. The van der Waals surface area contributed by atoms with Gasteiger partial charge in [0.25, 0.3) is 0 Å². The molecular formula is C14H18ClNO4. The highest BCUT2D eigenvalue weighted by molar-refractivity contribution is 6.33. The zero-order chi connectivity index (χ0) is 15.1. The monoisotopic (exact) mass is 299 g/mol. The van der Waals surface area contributed by atoms with Gasteiger partial charge < -0.3 is 15.2 Å². The number of halogens is 1. The Bertz CT molecular complexity index is 490. The highest BCUT2D eigenvalue weighted by Gasteiger charge is 2.25. The third-order valence-electron chi connectivity index (χ3n) is 2.56. The van der Waals surface area contributed by atoms with Gasteiger partial charge in [0.1, 0.15) is 0 Å². The molecule has 0 aliphatic carbocycles. The Morgan fingerprint density at radius 3 is 2.65 bits per heavy atom. The van der Waals surface area contributed by atoms with E-state index in [0.29, 0.717) is 18.5 Å². The molecule has 0 spiro atoms. The van der Waals surface area contributed by atoms with Gasteiger partial charge >= 0.3 is 11.9 Å². The summed E-state index contributed by atoms with van der Waals surface area (Å²) < 4.78 is 10.0. The zero-order valence-corrected chi connectivity index (χ0v) is 12.3. The van der Waals surface area contributed by atoms with Crippen LogP contribution >= 0.6 is 11.6 Å². The van der Waals surface area contributed by atoms with Crippen LogP contribution in [0.3, 0.4) is 0 Å². The van der Waals surface area contributed by atoms with Crippen molar-refractivity contribution in [3.05, 3.63) is 28.8 Å². The molecule has 110 valence electrons. The molecule has 1 atom stereocenters. The second-order valence-electron chi connectivity index (χ2n) is 4.17. The molecule has 0 saturated heterocycles.